The third kappa shape index (κ3) is 3.48. The van der Waals surface area contributed by atoms with Crippen LogP contribution < -0.4 is 5.32 Å². The van der Waals surface area contributed by atoms with Crippen molar-refractivity contribution in [2.75, 3.05) is 6.54 Å². The molecule has 0 bridgehead atoms. The molecule has 20 heavy (non-hydrogen) atoms. The number of hydrogen-bond acceptors (Lipinski definition) is 2. The molecule has 2 rings (SSSR count). The number of furan rings is 1. The normalized spacial score (nSPS) is 12.6. The number of aryl methyl sites for hydroxylation is 2. The number of rotatable bonds is 6. The minimum Gasteiger partial charge on any atom is -0.464 e. The van der Waals surface area contributed by atoms with Crippen LogP contribution in [-0.4, -0.2) is 6.54 Å². The van der Waals surface area contributed by atoms with Gasteiger partial charge in [-0.3, -0.25) is 0 Å². The zero-order valence-electron chi connectivity index (χ0n) is 12.4. The molecule has 0 saturated heterocycles. The predicted octanol–water partition coefficient (Wildman–Crippen LogP) is 4.18. The first-order chi connectivity index (χ1) is 9.63. The van der Waals surface area contributed by atoms with Crippen molar-refractivity contribution >= 4 is 0 Å². The summed E-state index contributed by atoms with van der Waals surface area (Å²) in [6.07, 6.45) is 1.62. The van der Waals surface area contributed by atoms with Crippen molar-refractivity contribution in [1.82, 2.24) is 5.32 Å². The SMILES string of the molecule is CCNC(Cc1cc(F)ccc1C)c1ccc(CC)o1. The highest BCUT2D eigenvalue weighted by Gasteiger charge is 2.16. The largest absolute Gasteiger partial charge is 0.464 e. The van der Waals surface area contributed by atoms with Crippen LogP contribution in [0.2, 0.25) is 0 Å². The Labute approximate surface area is 120 Å². The van der Waals surface area contributed by atoms with E-state index in [1.165, 1.54) is 6.07 Å². The summed E-state index contributed by atoms with van der Waals surface area (Å²) in [7, 11) is 0. The molecule has 1 heterocycles. The molecule has 0 aliphatic rings. The van der Waals surface area contributed by atoms with E-state index in [2.05, 4.69) is 19.2 Å². The summed E-state index contributed by atoms with van der Waals surface area (Å²) in [6, 6.07) is 9.06. The molecule has 2 aromatic rings. The Morgan fingerprint density at radius 2 is 2.00 bits per heavy atom. The molecule has 0 spiro atoms. The van der Waals surface area contributed by atoms with E-state index in [-0.39, 0.29) is 11.9 Å². The Morgan fingerprint density at radius 3 is 2.65 bits per heavy atom. The number of hydrogen-bond donors (Lipinski definition) is 1. The van der Waals surface area contributed by atoms with Crippen molar-refractivity contribution in [3.63, 3.8) is 0 Å². The molecule has 1 aromatic carbocycles. The highest BCUT2D eigenvalue weighted by Crippen LogP contribution is 2.23. The molecule has 0 amide bonds. The first kappa shape index (κ1) is 14.8. The molecular weight excluding hydrogens is 253 g/mol. The first-order valence-electron chi connectivity index (χ1n) is 7.21. The van der Waals surface area contributed by atoms with Gasteiger partial charge in [0.2, 0.25) is 0 Å². The maximum atomic E-state index is 13.4. The molecule has 2 nitrogen and oxygen atoms in total. The monoisotopic (exact) mass is 275 g/mol. The first-order valence-corrected chi connectivity index (χ1v) is 7.21. The Morgan fingerprint density at radius 1 is 1.20 bits per heavy atom. The van der Waals surface area contributed by atoms with Crippen molar-refractivity contribution in [1.29, 1.82) is 0 Å². The van der Waals surface area contributed by atoms with Gasteiger partial charge in [0.05, 0.1) is 6.04 Å². The van der Waals surface area contributed by atoms with Crippen molar-refractivity contribution in [3.8, 4) is 0 Å². The van der Waals surface area contributed by atoms with Crippen molar-refractivity contribution in [2.24, 2.45) is 0 Å². The van der Waals surface area contributed by atoms with Crippen molar-refractivity contribution < 1.29 is 8.81 Å². The second kappa shape index (κ2) is 6.71. The fraction of sp³-hybridized carbons (Fsp3) is 0.412. The second-order valence-electron chi connectivity index (χ2n) is 5.04. The van der Waals surface area contributed by atoms with Gasteiger partial charge < -0.3 is 9.73 Å². The summed E-state index contributed by atoms with van der Waals surface area (Å²) < 4.78 is 19.2. The Kier molecular flexibility index (Phi) is 4.96. The van der Waals surface area contributed by atoms with Crippen LogP contribution in [0.15, 0.2) is 34.7 Å². The zero-order chi connectivity index (χ0) is 14.5. The molecule has 1 aromatic heterocycles. The van der Waals surface area contributed by atoms with E-state index in [4.69, 9.17) is 4.42 Å². The molecular formula is C17H22FNO. The highest BCUT2D eigenvalue weighted by molar-refractivity contribution is 5.28. The summed E-state index contributed by atoms with van der Waals surface area (Å²) >= 11 is 0. The lowest BCUT2D eigenvalue weighted by Gasteiger charge is -2.17. The standard InChI is InChI=1S/C17H22FNO/c1-4-15-8-9-17(20-15)16(19-5-2)11-13-10-14(18)7-6-12(13)3/h6-10,16,19H,4-5,11H2,1-3H3. The van der Waals surface area contributed by atoms with E-state index in [0.717, 1.165) is 42.0 Å². The average molecular weight is 275 g/mol. The van der Waals surface area contributed by atoms with Crippen LogP contribution in [0, 0.1) is 12.7 Å². The smallest absolute Gasteiger partial charge is 0.123 e. The molecule has 0 aliphatic carbocycles. The summed E-state index contributed by atoms with van der Waals surface area (Å²) in [5.74, 6) is 1.72. The lowest BCUT2D eigenvalue weighted by Crippen LogP contribution is -2.22. The van der Waals surface area contributed by atoms with Crippen LogP contribution in [0.25, 0.3) is 0 Å². The van der Waals surface area contributed by atoms with Crippen molar-refractivity contribution in [3.05, 3.63) is 58.8 Å². The quantitative estimate of drug-likeness (QED) is 0.855. The van der Waals surface area contributed by atoms with Gasteiger partial charge in [-0.1, -0.05) is 19.9 Å². The Balaban J connectivity index is 2.22. The van der Waals surface area contributed by atoms with E-state index < -0.39 is 0 Å². The minimum absolute atomic E-state index is 0.0841. The fourth-order valence-electron chi connectivity index (χ4n) is 2.37. The van der Waals surface area contributed by atoms with Crippen LogP contribution >= 0.6 is 0 Å². The van der Waals surface area contributed by atoms with Gasteiger partial charge in [0.15, 0.2) is 0 Å². The topological polar surface area (TPSA) is 25.2 Å². The Hall–Kier alpha value is -1.61. The van der Waals surface area contributed by atoms with Gasteiger partial charge in [0.25, 0.3) is 0 Å². The number of likely N-dealkylation sites (N-methyl/N-ethyl adjacent to an activating group) is 1. The van der Waals surface area contributed by atoms with Crippen LogP contribution in [0.1, 0.15) is 42.5 Å². The van der Waals surface area contributed by atoms with Gasteiger partial charge >= 0.3 is 0 Å². The second-order valence-corrected chi connectivity index (χ2v) is 5.04. The minimum atomic E-state index is -0.186. The molecule has 1 N–H and O–H groups in total. The van der Waals surface area contributed by atoms with Crippen LogP contribution in [0.5, 0.6) is 0 Å². The summed E-state index contributed by atoms with van der Waals surface area (Å²) in [5, 5.41) is 3.42. The van der Waals surface area contributed by atoms with Gasteiger partial charge in [-0.2, -0.15) is 0 Å². The van der Waals surface area contributed by atoms with Gasteiger partial charge in [-0.25, -0.2) is 4.39 Å². The predicted molar refractivity (Wildman–Crippen MR) is 79.3 cm³/mol. The maximum Gasteiger partial charge on any atom is 0.123 e. The van der Waals surface area contributed by atoms with E-state index in [0.29, 0.717) is 0 Å². The van der Waals surface area contributed by atoms with Gasteiger partial charge in [0.1, 0.15) is 17.3 Å². The lowest BCUT2D eigenvalue weighted by atomic mass is 9.99. The molecule has 3 heteroatoms. The summed E-state index contributed by atoms with van der Waals surface area (Å²) in [5.41, 5.74) is 2.13. The van der Waals surface area contributed by atoms with Gasteiger partial charge in [0, 0.05) is 6.42 Å². The van der Waals surface area contributed by atoms with Crippen LogP contribution in [0.4, 0.5) is 4.39 Å². The zero-order valence-corrected chi connectivity index (χ0v) is 12.4. The lowest BCUT2D eigenvalue weighted by molar-refractivity contribution is 0.396. The number of halogens is 1. The van der Waals surface area contributed by atoms with Crippen LogP contribution in [-0.2, 0) is 12.8 Å². The van der Waals surface area contributed by atoms with E-state index in [1.54, 1.807) is 6.07 Å². The van der Waals surface area contributed by atoms with Gasteiger partial charge in [-0.15, -0.1) is 0 Å². The molecule has 0 aliphatic heterocycles. The van der Waals surface area contributed by atoms with Crippen molar-refractivity contribution in [2.45, 2.75) is 39.7 Å². The third-order valence-corrected chi connectivity index (χ3v) is 3.56. The van der Waals surface area contributed by atoms with Gasteiger partial charge in [-0.05, 0) is 55.3 Å². The van der Waals surface area contributed by atoms with E-state index in [9.17, 15) is 4.39 Å². The molecule has 0 saturated carbocycles. The average Bonchev–Trinajstić information content (AvgIpc) is 2.91. The molecule has 108 valence electrons. The maximum absolute atomic E-state index is 13.4. The third-order valence-electron chi connectivity index (χ3n) is 3.56. The van der Waals surface area contributed by atoms with Crippen LogP contribution in [0.3, 0.4) is 0 Å². The fourth-order valence-corrected chi connectivity index (χ4v) is 2.37. The highest BCUT2D eigenvalue weighted by atomic mass is 19.1. The Bertz CT molecular complexity index is 562. The summed E-state index contributed by atoms with van der Waals surface area (Å²) in [6.45, 7) is 7.00. The molecule has 1 unspecified atom stereocenters. The summed E-state index contributed by atoms with van der Waals surface area (Å²) in [4.78, 5) is 0. The van der Waals surface area contributed by atoms with E-state index >= 15 is 0 Å². The molecule has 0 fully saturated rings. The van der Waals surface area contributed by atoms with E-state index in [1.807, 2.05) is 25.1 Å². The number of benzene rings is 1. The molecule has 1 atom stereocenters. The number of nitrogens with one attached hydrogen (secondary N) is 1. The molecule has 0 radical (unpaired) electrons.